The second kappa shape index (κ2) is 10.9. The second-order valence-electron chi connectivity index (χ2n) is 12.5. The second-order valence-corrected chi connectivity index (χ2v) is 12.5. The number of nitrogens with one attached hydrogen (secondary N) is 2. The predicted molar refractivity (Wildman–Crippen MR) is 194 cm³/mol. The Kier molecular flexibility index (Phi) is 6.47. The minimum absolute atomic E-state index is 0.621. The van der Waals surface area contributed by atoms with Gasteiger partial charge in [-0.2, -0.15) is 0 Å². The van der Waals surface area contributed by atoms with Gasteiger partial charge in [-0.25, -0.2) is 29.9 Å². The van der Waals surface area contributed by atoms with Crippen LogP contribution in [0.15, 0.2) is 72.8 Å². The van der Waals surface area contributed by atoms with Crippen LogP contribution in [-0.2, 0) is 25.7 Å². The van der Waals surface area contributed by atoms with Gasteiger partial charge in [0.25, 0.3) is 0 Å². The van der Waals surface area contributed by atoms with Crippen LogP contribution in [0, 0.1) is 0 Å². The summed E-state index contributed by atoms with van der Waals surface area (Å²) in [6.07, 6.45) is 3.66. The minimum Gasteiger partial charge on any atom is -0.324 e. The number of aryl methyl sites for hydroxylation is 4. The van der Waals surface area contributed by atoms with Crippen LogP contribution in [0.3, 0.4) is 0 Å². The number of hydrogen-bond donors (Lipinski definition) is 2. The summed E-state index contributed by atoms with van der Waals surface area (Å²) in [6.45, 7) is 8.65. The van der Waals surface area contributed by atoms with Crippen LogP contribution in [0.4, 0.5) is 0 Å². The molecule has 234 valence electrons. The van der Waals surface area contributed by atoms with Crippen molar-refractivity contribution in [3.05, 3.63) is 95.1 Å². The third-order valence-electron chi connectivity index (χ3n) is 9.72. The lowest BCUT2D eigenvalue weighted by molar-refractivity contribution is 1.14. The van der Waals surface area contributed by atoms with E-state index in [0.29, 0.717) is 45.9 Å². The van der Waals surface area contributed by atoms with Gasteiger partial charge < -0.3 is 9.97 Å². The molecule has 8 nitrogen and oxygen atoms in total. The first kappa shape index (κ1) is 28.5. The number of nitrogens with zero attached hydrogens (tertiary/aromatic N) is 6. The van der Waals surface area contributed by atoms with Gasteiger partial charge in [-0.1, -0.05) is 76.2 Å². The van der Waals surface area contributed by atoms with E-state index < -0.39 is 0 Å². The van der Waals surface area contributed by atoms with Crippen LogP contribution in [0.25, 0.3) is 89.7 Å². The van der Waals surface area contributed by atoms with Gasteiger partial charge in [-0.3, -0.25) is 0 Å². The van der Waals surface area contributed by atoms with Crippen molar-refractivity contribution in [1.29, 1.82) is 0 Å². The van der Waals surface area contributed by atoms with E-state index in [1.54, 1.807) is 0 Å². The number of aromatic nitrogens is 8. The topological polar surface area (TPSA) is 109 Å². The molecule has 2 N–H and O–H groups in total. The molecule has 0 spiro atoms. The molecule has 0 amide bonds. The van der Waals surface area contributed by atoms with Gasteiger partial charge in [0, 0.05) is 43.8 Å². The fourth-order valence-electron chi connectivity index (χ4n) is 6.86. The fourth-order valence-corrected chi connectivity index (χ4v) is 6.86. The lowest BCUT2D eigenvalue weighted by Crippen LogP contribution is -1.86. The van der Waals surface area contributed by atoms with Gasteiger partial charge in [0.1, 0.15) is 22.6 Å². The largest absolute Gasteiger partial charge is 0.324 e. The number of fused-ring (bicyclic) bond motifs is 20. The minimum atomic E-state index is 0.621. The number of aromatic amines is 2. The van der Waals surface area contributed by atoms with Gasteiger partial charge in [-0.15, -0.1) is 0 Å². The van der Waals surface area contributed by atoms with Crippen molar-refractivity contribution in [2.45, 2.75) is 53.4 Å². The van der Waals surface area contributed by atoms with Crippen LogP contribution in [0.1, 0.15) is 49.9 Å². The predicted octanol–water partition coefficient (Wildman–Crippen LogP) is 9.12. The molecule has 0 saturated heterocycles. The zero-order chi connectivity index (χ0) is 32.5. The normalized spacial score (nSPS) is 12.1. The molecule has 7 aromatic rings. The van der Waals surface area contributed by atoms with E-state index in [1.165, 1.54) is 22.3 Å². The first-order chi connectivity index (χ1) is 23.5. The van der Waals surface area contributed by atoms with Gasteiger partial charge >= 0.3 is 0 Å². The molecule has 0 unspecified atom stereocenters. The third-order valence-corrected chi connectivity index (χ3v) is 9.72. The van der Waals surface area contributed by atoms with Crippen LogP contribution in [0.5, 0.6) is 0 Å². The maximum Gasteiger partial charge on any atom is 0.164 e. The zero-order valence-corrected chi connectivity index (χ0v) is 27.4. The Labute approximate surface area is 277 Å². The lowest BCUT2D eigenvalue weighted by atomic mass is 10.0. The summed E-state index contributed by atoms with van der Waals surface area (Å²) >= 11 is 0. The third kappa shape index (κ3) is 4.43. The van der Waals surface area contributed by atoms with Crippen LogP contribution < -0.4 is 0 Å². The van der Waals surface area contributed by atoms with Crippen LogP contribution in [0.2, 0.25) is 0 Å². The van der Waals surface area contributed by atoms with Crippen molar-refractivity contribution >= 4 is 44.1 Å². The summed E-state index contributed by atoms with van der Waals surface area (Å²) in [5.41, 5.74) is 11.6. The Bertz CT molecular complexity index is 2450. The first-order valence-corrected chi connectivity index (χ1v) is 16.9. The Morgan fingerprint density at radius 3 is 1.08 bits per heavy atom. The molecule has 3 aromatic heterocycles. The monoisotopic (exact) mass is 626 g/mol. The molecule has 2 aliphatic rings. The molecular weight excluding hydrogens is 592 g/mol. The lowest BCUT2D eigenvalue weighted by Gasteiger charge is -2.02. The molecule has 8 bridgehead atoms. The number of rotatable bonds is 4. The fraction of sp³-hybridized carbons (Fsp3) is 0.200. The highest BCUT2D eigenvalue weighted by Crippen LogP contribution is 2.38. The van der Waals surface area contributed by atoms with Crippen molar-refractivity contribution in [2.24, 2.45) is 0 Å². The number of H-pyrrole nitrogens is 2. The molecule has 0 atom stereocenters. The molecule has 0 fully saturated rings. The average Bonchev–Trinajstić information content (AvgIpc) is 3.85. The molecule has 2 aliphatic heterocycles. The molecule has 9 rings (SSSR count). The quantitative estimate of drug-likeness (QED) is 0.202. The van der Waals surface area contributed by atoms with Crippen LogP contribution in [-0.4, -0.2) is 39.9 Å². The molecule has 0 aliphatic carbocycles. The Morgan fingerprint density at radius 2 is 0.688 bits per heavy atom. The maximum absolute atomic E-state index is 5.20. The first-order valence-electron chi connectivity index (χ1n) is 16.9. The highest BCUT2D eigenvalue weighted by atomic mass is 15.1. The van der Waals surface area contributed by atoms with Gasteiger partial charge in [0.05, 0.1) is 0 Å². The highest BCUT2D eigenvalue weighted by molar-refractivity contribution is 6.06. The van der Waals surface area contributed by atoms with Crippen molar-refractivity contribution in [3.8, 4) is 45.6 Å². The summed E-state index contributed by atoms with van der Waals surface area (Å²) < 4.78 is 0. The van der Waals surface area contributed by atoms with E-state index in [9.17, 15) is 0 Å². The summed E-state index contributed by atoms with van der Waals surface area (Å²) in [7, 11) is 0. The van der Waals surface area contributed by atoms with Gasteiger partial charge in [0.2, 0.25) is 0 Å². The smallest absolute Gasteiger partial charge is 0.164 e. The van der Waals surface area contributed by atoms with Gasteiger partial charge in [-0.05, 0) is 72.2 Å². The van der Waals surface area contributed by atoms with Crippen molar-refractivity contribution in [3.63, 3.8) is 0 Å². The maximum atomic E-state index is 5.20. The Hall–Kier alpha value is -5.76. The number of benzene rings is 4. The highest BCUT2D eigenvalue weighted by Gasteiger charge is 2.23. The zero-order valence-electron chi connectivity index (χ0n) is 27.4. The molecule has 5 heterocycles. The van der Waals surface area contributed by atoms with Crippen molar-refractivity contribution < 1.29 is 0 Å². The summed E-state index contributed by atoms with van der Waals surface area (Å²) in [6, 6.07) is 25.9. The van der Waals surface area contributed by atoms with Crippen LogP contribution >= 0.6 is 0 Å². The Morgan fingerprint density at radius 1 is 0.354 bits per heavy atom. The van der Waals surface area contributed by atoms with E-state index in [0.717, 1.165) is 69.5 Å². The summed E-state index contributed by atoms with van der Waals surface area (Å²) in [5.74, 6) is 2.50. The Balaban J connectivity index is 1.48. The summed E-state index contributed by atoms with van der Waals surface area (Å²) in [5, 5.41) is 3.96. The molecule has 48 heavy (non-hydrogen) atoms. The van der Waals surface area contributed by atoms with E-state index in [1.807, 2.05) is 0 Å². The van der Waals surface area contributed by atoms with E-state index in [4.69, 9.17) is 29.9 Å². The summed E-state index contributed by atoms with van der Waals surface area (Å²) in [4.78, 5) is 38.1. The molecular formula is C40H34N8. The molecule has 8 heteroatoms. The van der Waals surface area contributed by atoms with E-state index in [2.05, 4.69) is 110 Å². The van der Waals surface area contributed by atoms with Crippen molar-refractivity contribution in [2.75, 3.05) is 0 Å². The van der Waals surface area contributed by atoms with E-state index in [-0.39, 0.29) is 0 Å². The molecule has 0 saturated carbocycles. The molecule has 4 aromatic carbocycles. The van der Waals surface area contributed by atoms with Crippen molar-refractivity contribution in [1.82, 2.24) is 39.9 Å². The van der Waals surface area contributed by atoms with E-state index >= 15 is 0 Å². The number of hydrogen-bond acceptors (Lipinski definition) is 6. The standard InChI is InChI=1S/C40H34N8/c1-5-21-9-13-25-29(17-21)37-41-33(25)46-38-31-19-23(7-3)11-15-27(31)35(43-38)48-40-32-20-24(8-4)12-16-28(32)36(44-40)47-39-30-18-22(6-2)10-14-26(30)34(42-39)45-37/h9-20H,5-8H2,1-4H3,(H2,41,42,43,44,45,46,47,48). The SMILES string of the molecule is CCc1ccc2c(c1)-c1nc-2nc2[nH]c(nc3nc(nc4[nH]c(n1)c1ccc(CC)cc41)-c1ccc(CC)cc1-3)c1ccc(CC)cc21. The average molecular weight is 627 g/mol. The molecule has 0 radical (unpaired) electrons. The van der Waals surface area contributed by atoms with Gasteiger partial charge in [0.15, 0.2) is 23.3 Å².